The summed E-state index contributed by atoms with van der Waals surface area (Å²) in [6.07, 6.45) is -1.35. The third kappa shape index (κ3) is 6.94. The van der Waals surface area contributed by atoms with E-state index in [1.807, 2.05) is 0 Å². The molecule has 0 saturated heterocycles. The summed E-state index contributed by atoms with van der Waals surface area (Å²) in [5.41, 5.74) is 0.954. The van der Waals surface area contributed by atoms with Crippen LogP contribution in [0, 0.1) is 0 Å². The first kappa shape index (κ1) is 23.5. The number of esters is 1. The highest BCUT2D eigenvalue weighted by Crippen LogP contribution is 2.15. The summed E-state index contributed by atoms with van der Waals surface area (Å²) in [5.74, 6) is -1.39. The number of ketones is 1. The number of carbonyl (C=O) groups is 3. The Labute approximate surface area is 179 Å². The second kappa shape index (κ2) is 10.3. The van der Waals surface area contributed by atoms with Gasteiger partial charge in [0, 0.05) is 22.8 Å². The summed E-state index contributed by atoms with van der Waals surface area (Å²) >= 11 is 5.78. The Bertz CT molecular complexity index is 1040. The van der Waals surface area contributed by atoms with Crippen LogP contribution < -0.4 is 10.0 Å². The number of halogens is 1. The molecule has 0 saturated carbocycles. The smallest absolute Gasteiger partial charge is 0.307 e. The lowest BCUT2D eigenvalue weighted by Crippen LogP contribution is -2.32. The predicted octanol–water partition coefficient (Wildman–Crippen LogP) is 2.78. The van der Waals surface area contributed by atoms with E-state index >= 15 is 0 Å². The van der Waals surface area contributed by atoms with E-state index in [-0.39, 0.29) is 28.7 Å². The Hall–Kier alpha value is -2.75. The van der Waals surface area contributed by atoms with E-state index in [0.29, 0.717) is 11.3 Å². The lowest BCUT2D eigenvalue weighted by molar-refractivity contribution is -0.152. The van der Waals surface area contributed by atoms with Crippen molar-refractivity contribution in [2.24, 2.45) is 0 Å². The SMILES string of the molecule is CC(=O)c1ccc(NC(=O)C(C)OC(=O)CCNS(=O)(=O)c2cccc(Cl)c2)cc1. The lowest BCUT2D eigenvalue weighted by atomic mass is 10.1. The molecule has 2 aromatic rings. The minimum absolute atomic E-state index is 0.0214. The van der Waals surface area contributed by atoms with Crippen molar-refractivity contribution in [2.75, 3.05) is 11.9 Å². The van der Waals surface area contributed by atoms with Crippen molar-refractivity contribution in [2.45, 2.75) is 31.3 Å². The molecule has 1 atom stereocenters. The molecule has 160 valence electrons. The van der Waals surface area contributed by atoms with Crippen molar-refractivity contribution in [1.29, 1.82) is 0 Å². The van der Waals surface area contributed by atoms with E-state index in [1.54, 1.807) is 30.3 Å². The van der Waals surface area contributed by atoms with Gasteiger partial charge in [-0.1, -0.05) is 17.7 Å². The van der Waals surface area contributed by atoms with Gasteiger partial charge in [-0.05, 0) is 56.3 Å². The summed E-state index contributed by atoms with van der Waals surface area (Å²) in [6, 6.07) is 12.0. The highest BCUT2D eigenvalue weighted by molar-refractivity contribution is 7.89. The molecule has 8 nitrogen and oxygen atoms in total. The molecule has 2 N–H and O–H groups in total. The summed E-state index contributed by atoms with van der Waals surface area (Å²) in [7, 11) is -3.82. The van der Waals surface area contributed by atoms with Gasteiger partial charge in [-0.2, -0.15) is 0 Å². The van der Waals surface area contributed by atoms with Crippen LogP contribution in [0.4, 0.5) is 5.69 Å². The molecule has 10 heteroatoms. The quantitative estimate of drug-likeness (QED) is 0.446. The van der Waals surface area contributed by atoms with Crippen LogP contribution in [0.25, 0.3) is 0 Å². The van der Waals surface area contributed by atoms with Gasteiger partial charge in [-0.15, -0.1) is 0 Å². The molecule has 0 heterocycles. The highest BCUT2D eigenvalue weighted by atomic mass is 35.5. The normalized spacial score (nSPS) is 12.1. The first-order valence-corrected chi connectivity index (χ1v) is 10.8. The van der Waals surface area contributed by atoms with Gasteiger partial charge in [-0.3, -0.25) is 14.4 Å². The molecule has 1 unspecified atom stereocenters. The van der Waals surface area contributed by atoms with Crippen molar-refractivity contribution in [3.05, 3.63) is 59.1 Å². The molecule has 2 aromatic carbocycles. The molecule has 0 radical (unpaired) electrons. The van der Waals surface area contributed by atoms with Crippen LogP contribution in [0.15, 0.2) is 53.4 Å². The number of ether oxygens (including phenoxy) is 1. The van der Waals surface area contributed by atoms with Crippen molar-refractivity contribution in [1.82, 2.24) is 4.72 Å². The van der Waals surface area contributed by atoms with Gasteiger partial charge in [0.2, 0.25) is 10.0 Å². The summed E-state index contributed by atoms with van der Waals surface area (Å²) in [6.45, 7) is 2.63. The van der Waals surface area contributed by atoms with Crippen molar-refractivity contribution in [3.8, 4) is 0 Å². The molecule has 0 aliphatic carbocycles. The number of sulfonamides is 1. The number of hydrogen-bond donors (Lipinski definition) is 2. The zero-order valence-corrected chi connectivity index (χ0v) is 17.9. The Balaban J connectivity index is 1.81. The predicted molar refractivity (Wildman–Crippen MR) is 112 cm³/mol. The van der Waals surface area contributed by atoms with E-state index in [2.05, 4.69) is 10.0 Å². The second-order valence-electron chi connectivity index (χ2n) is 6.36. The van der Waals surface area contributed by atoms with Gasteiger partial charge in [0.05, 0.1) is 11.3 Å². The van der Waals surface area contributed by atoms with E-state index < -0.39 is 28.0 Å². The van der Waals surface area contributed by atoms with Gasteiger partial charge < -0.3 is 10.1 Å². The van der Waals surface area contributed by atoms with Crippen LogP contribution in [-0.2, 0) is 24.3 Å². The fourth-order valence-electron chi connectivity index (χ4n) is 2.35. The molecule has 0 aliphatic rings. The molecule has 30 heavy (non-hydrogen) atoms. The maximum Gasteiger partial charge on any atom is 0.307 e. The number of hydrogen-bond acceptors (Lipinski definition) is 6. The van der Waals surface area contributed by atoms with Crippen molar-refractivity contribution in [3.63, 3.8) is 0 Å². The standard InChI is InChI=1S/C20H21ClN2O6S/c1-13(24)15-6-8-17(9-7-15)23-20(26)14(2)29-19(25)10-11-22-30(27,28)18-5-3-4-16(21)12-18/h3-9,12,14,22H,10-11H2,1-2H3,(H,23,26). The second-order valence-corrected chi connectivity index (χ2v) is 8.56. The molecule has 1 amide bonds. The van der Waals surface area contributed by atoms with Gasteiger partial charge in [0.1, 0.15) is 0 Å². The zero-order valence-electron chi connectivity index (χ0n) is 16.3. The van der Waals surface area contributed by atoms with Gasteiger partial charge in [0.25, 0.3) is 5.91 Å². The molecular weight excluding hydrogens is 432 g/mol. The maximum absolute atomic E-state index is 12.2. The number of Topliss-reactive ketones (excluding diaryl/α,β-unsaturated/α-hetero) is 1. The topological polar surface area (TPSA) is 119 Å². The Morgan fingerprint density at radius 3 is 2.37 bits per heavy atom. The van der Waals surface area contributed by atoms with Crippen LogP contribution in [0.5, 0.6) is 0 Å². The molecule has 0 spiro atoms. The number of carbonyl (C=O) groups excluding carboxylic acids is 3. The van der Waals surface area contributed by atoms with Crippen LogP contribution >= 0.6 is 11.6 Å². The summed E-state index contributed by atoms with van der Waals surface area (Å²) < 4.78 is 31.6. The largest absolute Gasteiger partial charge is 0.452 e. The Morgan fingerprint density at radius 1 is 1.10 bits per heavy atom. The van der Waals surface area contributed by atoms with Crippen LogP contribution in [0.3, 0.4) is 0 Å². The minimum Gasteiger partial charge on any atom is -0.452 e. The average molecular weight is 453 g/mol. The third-order valence-corrected chi connectivity index (χ3v) is 5.66. The van der Waals surface area contributed by atoms with Crippen molar-refractivity contribution >= 4 is 45.0 Å². The fourth-order valence-corrected chi connectivity index (χ4v) is 3.68. The van der Waals surface area contributed by atoms with E-state index in [0.717, 1.165) is 0 Å². The molecule has 0 aromatic heterocycles. The highest BCUT2D eigenvalue weighted by Gasteiger charge is 2.19. The number of nitrogens with one attached hydrogen (secondary N) is 2. The number of benzene rings is 2. The first-order chi connectivity index (χ1) is 14.1. The maximum atomic E-state index is 12.2. The molecule has 0 aliphatic heterocycles. The fraction of sp³-hybridized carbons (Fsp3) is 0.250. The molecular formula is C20H21ClN2O6S. The molecule has 2 rings (SSSR count). The van der Waals surface area contributed by atoms with E-state index in [4.69, 9.17) is 16.3 Å². The Morgan fingerprint density at radius 2 is 1.77 bits per heavy atom. The van der Waals surface area contributed by atoms with Gasteiger partial charge in [-0.25, -0.2) is 13.1 Å². The number of anilines is 1. The third-order valence-electron chi connectivity index (χ3n) is 3.96. The summed E-state index contributed by atoms with van der Waals surface area (Å²) in [5, 5.41) is 2.84. The van der Waals surface area contributed by atoms with Crippen LogP contribution in [-0.4, -0.2) is 38.7 Å². The van der Waals surface area contributed by atoms with E-state index in [9.17, 15) is 22.8 Å². The molecule has 0 fully saturated rings. The zero-order chi connectivity index (χ0) is 22.3. The van der Waals surface area contributed by atoms with Gasteiger partial charge in [0.15, 0.2) is 11.9 Å². The first-order valence-electron chi connectivity index (χ1n) is 8.95. The van der Waals surface area contributed by atoms with Crippen molar-refractivity contribution < 1.29 is 27.5 Å². The van der Waals surface area contributed by atoms with Crippen LogP contribution in [0.2, 0.25) is 5.02 Å². The number of rotatable bonds is 9. The summed E-state index contributed by atoms with van der Waals surface area (Å²) in [4.78, 5) is 35.3. The number of amides is 1. The molecule has 0 bridgehead atoms. The van der Waals surface area contributed by atoms with E-state index in [1.165, 1.54) is 32.0 Å². The van der Waals surface area contributed by atoms with Crippen LogP contribution in [0.1, 0.15) is 30.6 Å². The Kier molecular flexibility index (Phi) is 8.10. The minimum atomic E-state index is -3.82. The monoisotopic (exact) mass is 452 g/mol. The average Bonchev–Trinajstić information content (AvgIpc) is 2.68. The van der Waals surface area contributed by atoms with Gasteiger partial charge >= 0.3 is 5.97 Å². The lowest BCUT2D eigenvalue weighted by Gasteiger charge is -2.14.